The van der Waals surface area contributed by atoms with Crippen LogP contribution in [0, 0.1) is 0 Å². The number of hydrogen-bond acceptors (Lipinski definition) is 4. The van der Waals surface area contributed by atoms with Gasteiger partial charge in [-0.2, -0.15) is 0 Å². The van der Waals surface area contributed by atoms with Crippen molar-refractivity contribution >= 4 is 17.5 Å². The van der Waals surface area contributed by atoms with Crippen LogP contribution in [0.5, 0.6) is 5.75 Å². The molecule has 0 bridgehead atoms. The lowest BCUT2D eigenvalue weighted by molar-refractivity contribution is -0.118. The monoisotopic (exact) mass is 396 g/mol. The minimum atomic E-state index is -0.293. The average molecular weight is 396 g/mol. The number of carbonyl (C=O) groups excluding carboxylic acids is 2. The lowest BCUT2D eigenvalue weighted by Gasteiger charge is -2.19. The third-order valence-corrected chi connectivity index (χ3v) is 4.97. The first-order valence-electron chi connectivity index (χ1n) is 10.1. The normalized spacial score (nSPS) is 12.7. The molecule has 2 aromatic rings. The van der Waals surface area contributed by atoms with E-state index in [1.54, 1.807) is 31.4 Å². The van der Waals surface area contributed by atoms with Gasteiger partial charge in [-0.3, -0.25) is 9.59 Å². The Bertz CT molecular complexity index is 851. The van der Waals surface area contributed by atoms with Gasteiger partial charge in [0.1, 0.15) is 5.75 Å². The molecular formula is C23H28N2O4. The molecule has 0 fully saturated rings. The van der Waals surface area contributed by atoms with Crippen LogP contribution in [0.15, 0.2) is 42.5 Å². The van der Waals surface area contributed by atoms with Gasteiger partial charge in [-0.1, -0.05) is 24.3 Å². The van der Waals surface area contributed by atoms with Gasteiger partial charge in [0.15, 0.2) is 6.61 Å². The van der Waals surface area contributed by atoms with Gasteiger partial charge in [0.05, 0.1) is 11.3 Å². The molecule has 0 unspecified atom stereocenters. The molecule has 0 radical (unpaired) electrons. The molecular weight excluding hydrogens is 368 g/mol. The zero-order valence-electron chi connectivity index (χ0n) is 16.8. The van der Waals surface area contributed by atoms with E-state index in [1.165, 1.54) is 17.5 Å². The number of nitrogens with one attached hydrogen (secondary N) is 2. The molecule has 0 spiro atoms. The van der Waals surface area contributed by atoms with Crippen LogP contribution in [0.4, 0.5) is 5.69 Å². The van der Waals surface area contributed by atoms with Crippen molar-refractivity contribution in [3.63, 3.8) is 0 Å². The Balaban J connectivity index is 1.58. The zero-order valence-corrected chi connectivity index (χ0v) is 16.8. The summed E-state index contributed by atoms with van der Waals surface area (Å²) in [7, 11) is 1.62. The molecule has 0 heterocycles. The van der Waals surface area contributed by atoms with E-state index in [1.807, 2.05) is 12.1 Å². The first-order chi connectivity index (χ1) is 14.2. The lowest BCUT2D eigenvalue weighted by Crippen LogP contribution is -2.27. The Labute approximate surface area is 171 Å². The Hall–Kier alpha value is -2.86. The van der Waals surface area contributed by atoms with Crippen LogP contribution in [0.25, 0.3) is 0 Å². The highest BCUT2D eigenvalue weighted by Crippen LogP contribution is 2.29. The van der Waals surface area contributed by atoms with E-state index in [2.05, 4.69) is 16.7 Å². The maximum atomic E-state index is 12.4. The van der Waals surface area contributed by atoms with Crippen molar-refractivity contribution in [1.29, 1.82) is 0 Å². The second-order valence-corrected chi connectivity index (χ2v) is 7.09. The van der Waals surface area contributed by atoms with Gasteiger partial charge in [-0.25, -0.2) is 0 Å². The van der Waals surface area contributed by atoms with Crippen molar-refractivity contribution in [3.05, 3.63) is 59.2 Å². The molecule has 2 amide bonds. The van der Waals surface area contributed by atoms with Crippen molar-refractivity contribution < 1.29 is 19.1 Å². The summed E-state index contributed by atoms with van der Waals surface area (Å²) in [5.41, 5.74) is 3.42. The summed E-state index contributed by atoms with van der Waals surface area (Å²) in [6.45, 7) is 0.997. The Morgan fingerprint density at radius 3 is 2.72 bits per heavy atom. The van der Waals surface area contributed by atoms with E-state index >= 15 is 0 Å². The topological polar surface area (TPSA) is 76.7 Å². The fourth-order valence-corrected chi connectivity index (χ4v) is 3.51. The first kappa shape index (κ1) is 20.9. The minimum Gasteiger partial charge on any atom is -0.483 e. The molecule has 3 rings (SSSR count). The van der Waals surface area contributed by atoms with E-state index in [9.17, 15) is 9.59 Å². The number of amides is 2. The number of anilines is 1. The van der Waals surface area contributed by atoms with Crippen LogP contribution in [0.3, 0.4) is 0 Å². The number of hydrogen-bond donors (Lipinski definition) is 2. The Morgan fingerprint density at radius 2 is 1.86 bits per heavy atom. The standard InChI is InChI=1S/C23H28N2O4/c1-28-15-7-14-24-23(27)19-11-4-5-12-20(19)25-22(26)16-29-21-13-6-9-17-8-2-3-10-18(17)21/h4-6,9,11-13H,2-3,7-8,10,14-16H2,1H3,(H,24,27)(H,25,26). The van der Waals surface area contributed by atoms with Gasteiger partial charge >= 0.3 is 0 Å². The predicted octanol–water partition coefficient (Wildman–Crippen LogP) is 3.35. The molecule has 154 valence electrons. The van der Waals surface area contributed by atoms with Gasteiger partial charge in [0, 0.05) is 20.3 Å². The highest BCUT2D eigenvalue weighted by molar-refractivity contribution is 6.04. The number of methoxy groups -OCH3 is 1. The van der Waals surface area contributed by atoms with Gasteiger partial charge in [-0.15, -0.1) is 0 Å². The predicted molar refractivity (Wildman–Crippen MR) is 112 cm³/mol. The molecule has 6 nitrogen and oxygen atoms in total. The summed E-state index contributed by atoms with van der Waals surface area (Å²) in [4.78, 5) is 24.9. The molecule has 6 heteroatoms. The van der Waals surface area contributed by atoms with Crippen molar-refractivity contribution in [1.82, 2.24) is 5.32 Å². The van der Waals surface area contributed by atoms with Crippen LogP contribution in [0.2, 0.25) is 0 Å². The number of fused-ring (bicyclic) bond motifs is 1. The molecule has 2 aromatic carbocycles. The summed E-state index contributed by atoms with van der Waals surface area (Å²) in [6.07, 6.45) is 5.12. The van der Waals surface area contributed by atoms with E-state index in [-0.39, 0.29) is 18.4 Å². The zero-order chi connectivity index (χ0) is 20.5. The van der Waals surface area contributed by atoms with Crippen molar-refractivity contribution in [2.45, 2.75) is 32.1 Å². The number of para-hydroxylation sites is 1. The summed E-state index contributed by atoms with van der Waals surface area (Å²) >= 11 is 0. The summed E-state index contributed by atoms with van der Waals surface area (Å²) in [5.74, 6) is 0.259. The lowest BCUT2D eigenvalue weighted by atomic mass is 9.91. The third-order valence-electron chi connectivity index (χ3n) is 4.97. The van der Waals surface area contributed by atoms with Crippen molar-refractivity contribution in [3.8, 4) is 5.75 Å². The van der Waals surface area contributed by atoms with Crippen LogP contribution in [-0.2, 0) is 22.4 Å². The molecule has 2 N–H and O–H groups in total. The molecule has 1 aliphatic rings. The van der Waals surface area contributed by atoms with Crippen molar-refractivity contribution in [2.24, 2.45) is 0 Å². The smallest absolute Gasteiger partial charge is 0.262 e. The number of benzene rings is 2. The molecule has 0 aliphatic heterocycles. The quantitative estimate of drug-likeness (QED) is 0.638. The summed E-state index contributed by atoms with van der Waals surface area (Å²) in [6, 6.07) is 13.0. The average Bonchev–Trinajstić information content (AvgIpc) is 2.75. The maximum Gasteiger partial charge on any atom is 0.262 e. The molecule has 0 aromatic heterocycles. The van der Waals surface area contributed by atoms with Gasteiger partial charge in [-0.05, 0) is 61.4 Å². The fraction of sp³-hybridized carbons (Fsp3) is 0.391. The van der Waals surface area contributed by atoms with Gasteiger partial charge in [0.2, 0.25) is 0 Å². The van der Waals surface area contributed by atoms with E-state index < -0.39 is 0 Å². The molecule has 1 aliphatic carbocycles. The SMILES string of the molecule is COCCCNC(=O)c1ccccc1NC(=O)COc1cccc2c1CCCC2. The summed E-state index contributed by atoms with van der Waals surface area (Å²) < 4.78 is 10.8. The fourth-order valence-electron chi connectivity index (χ4n) is 3.51. The number of rotatable bonds is 9. The summed E-state index contributed by atoms with van der Waals surface area (Å²) in [5, 5.41) is 5.63. The first-order valence-corrected chi connectivity index (χ1v) is 10.1. The van der Waals surface area contributed by atoms with Gasteiger partial charge < -0.3 is 20.1 Å². The van der Waals surface area contributed by atoms with Crippen molar-refractivity contribution in [2.75, 3.05) is 32.2 Å². The van der Waals surface area contributed by atoms with Crippen LogP contribution >= 0.6 is 0 Å². The maximum absolute atomic E-state index is 12.4. The second kappa shape index (κ2) is 10.6. The molecule has 0 atom stereocenters. The third kappa shape index (κ3) is 5.81. The van der Waals surface area contributed by atoms with E-state index in [4.69, 9.17) is 9.47 Å². The van der Waals surface area contributed by atoms with E-state index in [0.29, 0.717) is 24.4 Å². The highest BCUT2D eigenvalue weighted by Gasteiger charge is 2.16. The number of carbonyl (C=O) groups is 2. The molecule has 0 saturated heterocycles. The highest BCUT2D eigenvalue weighted by atomic mass is 16.5. The van der Waals surface area contributed by atoms with Crippen LogP contribution in [-0.4, -0.2) is 38.7 Å². The molecule has 29 heavy (non-hydrogen) atoms. The van der Waals surface area contributed by atoms with E-state index in [0.717, 1.165) is 31.4 Å². The Morgan fingerprint density at radius 1 is 1.03 bits per heavy atom. The Kier molecular flexibility index (Phi) is 7.64. The van der Waals surface area contributed by atoms with Gasteiger partial charge in [0.25, 0.3) is 11.8 Å². The van der Waals surface area contributed by atoms with Crippen LogP contribution < -0.4 is 15.4 Å². The molecule has 0 saturated carbocycles. The number of ether oxygens (including phenoxy) is 2. The second-order valence-electron chi connectivity index (χ2n) is 7.09. The minimum absolute atomic E-state index is 0.0970. The number of aryl methyl sites for hydroxylation is 1. The largest absolute Gasteiger partial charge is 0.483 e. The van der Waals surface area contributed by atoms with Crippen LogP contribution in [0.1, 0.15) is 40.7 Å².